The Hall–Kier alpha value is -2.89. The smallest absolute Gasteiger partial charge is 0.306 e. The molecule has 0 spiro atoms. The van der Waals surface area contributed by atoms with Crippen LogP contribution in [0.15, 0.2) is 60.8 Å². The molecule has 0 aromatic rings. The Morgan fingerprint density at radius 3 is 1.18 bits per heavy atom. The minimum Gasteiger partial charge on any atom is -0.462 e. The molecule has 0 radical (unpaired) electrons. The topological polar surface area (TPSA) is 78.9 Å². The Balaban J connectivity index is 4.42. The maximum atomic E-state index is 12.7. The van der Waals surface area contributed by atoms with Gasteiger partial charge >= 0.3 is 17.9 Å². The van der Waals surface area contributed by atoms with E-state index in [2.05, 4.69) is 81.5 Å². The number of unbranched alkanes of at least 4 members (excludes halogenated alkanes) is 21. The maximum Gasteiger partial charge on any atom is 0.306 e. The van der Waals surface area contributed by atoms with Gasteiger partial charge in [-0.3, -0.25) is 14.4 Å². The van der Waals surface area contributed by atoms with Crippen LogP contribution in [0.3, 0.4) is 0 Å². The molecule has 328 valence electrons. The SMILES string of the molecule is CC/C=C\C/C=C\C/C=C\CCCCC(=O)OC(COC(=O)CCCCCCC/C=C\CCCC)COC(=O)CCCCCCC/C=C\CCCCCCCCC. The van der Waals surface area contributed by atoms with Crippen molar-refractivity contribution in [3.8, 4) is 0 Å². The van der Waals surface area contributed by atoms with Crippen LogP contribution in [0.25, 0.3) is 0 Å². The molecule has 0 aliphatic heterocycles. The average molecular weight is 797 g/mol. The number of hydrogen-bond acceptors (Lipinski definition) is 6. The van der Waals surface area contributed by atoms with Crippen LogP contribution < -0.4 is 0 Å². The van der Waals surface area contributed by atoms with E-state index < -0.39 is 6.10 Å². The van der Waals surface area contributed by atoms with Crippen LogP contribution in [-0.4, -0.2) is 37.2 Å². The van der Waals surface area contributed by atoms with Crippen molar-refractivity contribution >= 4 is 17.9 Å². The van der Waals surface area contributed by atoms with Crippen molar-refractivity contribution in [3.05, 3.63) is 60.8 Å². The van der Waals surface area contributed by atoms with Crippen LogP contribution in [0.1, 0.15) is 226 Å². The number of esters is 3. The molecule has 1 atom stereocenters. The quantitative estimate of drug-likeness (QED) is 0.0265. The Bertz CT molecular complexity index is 1050. The summed E-state index contributed by atoms with van der Waals surface area (Å²) in [6.45, 7) is 6.42. The molecular formula is C51H88O6. The molecule has 0 saturated carbocycles. The molecule has 6 heteroatoms. The highest BCUT2D eigenvalue weighted by Gasteiger charge is 2.19. The molecule has 1 unspecified atom stereocenters. The third-order valence-electron chi connectivity index (χ3n) is 9.98. The molecule has 0 aliphatic rings. The lowest BCUT2D eigenvalue weighted by Gasteiger charge is -2.18. The lowest BCUT2D eigenvalue weighted by Crippen LogP contribution is -2.30. The van der Waals surface area contributed by atoms with Crippen LogP contribution in [0, 0.1) is 0 Å². The molecule has 6 nitrogen and oxygen atoms in total. The van der Waals surface area contributed by atoms with E-state index in [4.69, 9.17) is 14.2 Å². The van der Waals surface area contributed by atoms with Gasteiger partial charge in [-0.25, -0.2) is 0 Å². The van der Waals surface area contributed by atoms with Crippen LogP contribution in [0.5, 0.6) is 0 Å². The Morgan fingerprint density at radius 2 is 0.702 bits per heavy atom. The second kappa shape index (κ2) is 45.8. The first-order chi connectivity index (χ1) is 28.0. The normalized spacial score (nSPS) is 12.5. The molecule has 0 saturated heterocycles. The van der Waals surface area contributed by atoms with Gasteiger partial charge in [-0.2, -0.15) is 0 Å². The van der Waals surface area contributed by atoms with Gasteiger partial charge in [-0.05, 0) is 96.3 Å². The van der Waals surface area contributed by atoms with Gasteiger partial charge in [0.05, 0.1) is 0 Å². The zero-order chi connectivity index (χ0) is 41.5. The van der Waals surface area contributed by atoms with E-state index in [1.165, 1.54) is 96.3 Å². The van der Waals surface area contributed by atoms with Gasteiger partial charge in [0.1, 0.15) is 13.2 Å². The number of allylic oxidation sites excluding steroid dienone is 10. The van der Waals surface area contributed by atoms with Crippen LogP contribution in [-0.2, 0) is 28.6 Å². The molecular weight excluding hydrogens is 709 g/mol. The van der Waals surface area contributed by atoms with Crippen LogP contribution in [0.2, 0.25) is 0 Å². The number of hydrogen-bond donors (Lipinski definition) is 0. The summed E-state index contributed by atoms with van der Waals surface area (Å²) in [4.78, 5) is 37.8. The van der Waals surface area contributed by atoms with Gasteiger partial charge in [0.2, 0.25) is 0 Å². The number of rotatable bonds is 42. The van der Waals surface area contributed by atoms with E-state index in [1.54, 1.807) is 0 Å². The van der Waals surface area contributed by atoms with E-state index in [1.807, 2.05) is 0 Å². The minimum absolute atomic E-state index is 0.0968. The molecule has 0 N–H and O–H groups in total. The summed E-state index contributed by atoms with van der Waals surface area (Å²) < 4.78 is 16.7. The summed E-state index contributed by atoms with van der Waals surface area (Å²) in [6, 6.07) is 0. The first kappa shape index (κ1) is 54.1. The number of carbonyl (C=O) groups is 3. The highest BCUT2D eigenvalue weighted by Crippen LogP contribution is 2.13. The monoisotopic (exact) mass is 797 g/mol. The zero-order valence-electron chi connectivity index (χ0n) is 37.3. The molecule has 0 fully saturated rings. The van der Waals surface area contributed by atoms with Crippen molar-refractivity contribution in [3.63, 3.8) is 0 Å². The summed E-state index contributed by atoms with van der Waals surface area (Å²) in [6.07, 6.45) is 54.9. The first-order valence-electron chi connectivity index (χ1n) is 23.8. The van der Waals surface area contributed by atoms with Gasteiger partial charge in [0.25, 0.3) is 0 Å². The third-order valence-corrected chi connectivity index (χ3v) is 9.98. The van der Waals surface area contributed by atoms with Gasteiger partial charge in [-0.1, -0.05) is 171 Å². The fourth-order valence-electron chi connectivity index (χ4n) is 6.37. The predicted molar refractivity (Wildman–Crippen MR) is 242 cm³/mol. The highest BCUT2D eigenvalue weighted by atomic mass is 16.6. The molecule has 0 rings (SSSR count). The fraction of sp³-hybridized carbons (Fsp3) is 0.745. The van der Waals surface area contributed by atoms with Crippen molar-refractivity contribution in [2.75, 3.05) is 13.2 Å². The van der Waals surface area contributed by atoms with Crippen molar-refractivity contribution in [2.45, 2.75) is 232 Å². The van der Waals surface area contributed by atoms with E-state index in [-0.39, 0.29) is 37.5 Å². The Kier molecular flexibility index (Phi) is 43.5. The Morgan fingerprint density at radius 1 is 0.368 bits per heavy atom. The lowest BCUT2D eigenvalue weighted by molar-refractivity contribution is -0.167. The lowest BCUT2D eigenvalue weighted by atomic mass is 10.1. The largest absolute Gasteiger partial charge is 0.462 e. The second-order valence-electron chi connectivity index (χ2n) is 15.6. The molecule has 57 heavy (non-hydrogen) atoms. The number of ether oxygens (including phenoxy) is 3. The molecule has 0 bridgehead atoms. The summed E-state index contributed by atoms with van der Waals surface area (Å²) in [5.74, 6) is -0.956. The van der Waals surface area contributed by atoms with Crippen molar-refractivity contribution in [1.29, 1.82) is 0 Å². The fourth-order valence-corrected chi connectivity index (χ4v) is 6.37. The van der Waals surface area contributed by atoms with Gasteiger partial charge in [0.15, 0.2) is 6.10 Å². The number of carbonyl (C=O) groups excluding carboxylic acids is 3. The van der Waals surface area contributed by atoms with Crippen molar-refractivity contribution in [2.24, 2.45) is 0 Å². The summed E-state index contributed by atoms with van der Waals surface area (Å²) in [5.41, 5.74) is 0. The molecule has 0 aromatic carbocycles. The maximum absolute atomic E-state index is 12.7. The second-order valence-corrected chi connectivity index (χ2v) is 15.6. The molecule has 0 aromatic heterocycles. The highest BCUT2D eigenvalue weighted by molar-refractivity contribution is 5.71. The van der Waals surface area contributed by atoms with Gasteiger partial charge in [-0.15, -0.1) is 0 Å². The summed E-state index contributed by atoms with van der Waals surface area (Å²) in [5, 5.41) is 0. The van der Waals surface area contributed by atoms with Crippen molar-refractivity contribution < 1.29 is 28.6 Å². The van der Waals surface area contributed by atoms with E-state index >= 15 is 0 Å². The molecule has 0 amide bonds. The van der Waals surface area contributed by atoms with E-state index in [9.17, 15) is 14.4 Å². The van der Waals surface area contributed by atoms with Gasteiger partial charge < -0.3 is 14.2 Å². The first-order valence-corrected chi connectivity index (χ1v) is 23.8. The molecule has 0 aliphatic carbocycles. The van der Waals surface area contributed by atoms with Crippen LogP contribution in [0.4, 0.5) is 0 Å². The zero-order valence-corrected chi connectivity index (χ0v) is 37.3. The third kappa shape index (κ3) is 44.1. The molecule has 0 heterocycles. The summed E-state index contributed by atoms with van der Waals surface area (Å²) in [7, 11) is 0. The summed E-state index contributed by atoms with van der Waals surface area (Å²) >= 11 is 0. The van der Waals surface area contributed by atoms with Crippen molar-refractivity contribution in [1.82, 2.24) is 0 Å². The van der Waals surface area contributed by atoms with E-state index in [0.717, 1.165) is 83.5 Å². The van der Waals surface area contributed by atoms with Gasteiger partial charge in [0, 0.05) is 19.3 Å². The van der Waals surface area contributed by atoms with Crippen LogP contribution >= 0.6 is 0 Å². The average Bonchev–Trinajstić information content (AvgIpc) is 3.21. The minimum atomic E-state index is -0.798. The Labute approximate surface area is 351 Å². The standard InChI is InChI=1S/C51H88O6/c1-4-7-10-13-16-19-22-24-25-26-27-30-32-35-38-41-44-50(53)56-47-48(46-55-49(52)43-40-37-34-31-28-21-18-15-12-9-6-3)57-51(54)45-42-39-36-33-29-23-20-17-14-11-8-5-2/h8,11,15,17-18,20,25-26,29,33,48H,4-7,9-10,12-14,16,19,21-24,27-28,30-32,34-47H2,1-3H3/b11-8-,18-15-,20-17-,26-25-,33-29-. The predicted octanol–water partition coefficient (Wildman–Crippen LogP) is 15.3. The van der Waals surface area contributed by atoms with E-state index in [0.29, 0.717) is 19.3 Å².